The molecule has 0 fully saturated rings. The molecule has 1 rings (SSSR count). The highest BCUT2D eigenvalue weighted by Gasteiger charge is 2.26. The molecular weight excluding hydrogens is 270 g/mol. The Morgan fingerprint density at radius 2 is 1.81 bits per heavy atom. The van der Waals surface area contributed by atoms with E-state index in [2.05, 4.69) is 5.32 Å². The maximum absolute atomic E-state index is 12.4. The molecule has 0 aliphatic heterocycles. The second-order valence-electron chi connectivity index (χ2n) is 4.88. The predicted octanol–water partition coefficient (Wildman–Crippen LogP) is 2.40. The smallest absolute Gasteiger partial charge is 0.328 e. The monoisotopic (exact) mass is 293 g/mol. The lowest BCUT2D eigenvalue weighted by Crippen LogP contribution is -2.45. The van der Waals surface area contributed by atoms with E-state index < -0.39 is 12.0 Å². The molecule has 5 nitrogen and oxygen atoms in total. The minimum Gasteiger partial charge on any atom is -0.493 e. The number of carbonyl (C=O) groups is 2. The Hall–Kier alpha value is -2.04. The number of carbonyl (C=O) groups excluding carboxylic acids is 2. The van der Waals surface area contributed by atoms with E-state index in [0.717, 1.165) is 0 Å². The molecule has 0 heterocycles. The fourth-order valence-electron chi connectivity index (χ4n) is 1.88. The van der Waals surface area contributed by atoms with Crippen molar-refractivity contribution in [1.29, 1.82) is 0 Å². The molecule has 21 heavy (non-hydrogen) atoms. The number of ether oxygens (including phenoxy) is 2. The van der Waals surface area contributed by atoms with E-state index in [9.17, 15) is 9.59 Å². The van der Waals surface area contributed by atoms with Crippen LogP contribution in [0.3, 0.4) is 0 Å². The van der Waals surface area contributed by atoms with Gasteiger partial charge in [-0.3, -0.25) is 4.79 Å². The average Bonchev–Trinajstić information content (AvgIpc) is 2.45. The van der Waals surface area contributed by atoms with E-state index >= 15 is 0 Å². The van der Waals surface area contributed by atoms with E-state index in [1.165, 1.54) is 0 Å². The zero-order valence-corrected chi connectivity index (χ0v) is 13.0. The highest BCUT2D eigenvalue weighted by atomic mass is 16.5. The minimum absolute atomic E-state index is 0.0627. The van der Waals surface area contributed by atoms with E-state index in [1.807, 2.05) is 20.8 Å². The number of hydrogen-bond donors (Lipinski definition) is 1. The Kier molecular flexibility index (Phi) is 6.72. The van der Waals surface area contributed by atoms with Gasteiger partial charge in [0.1, 0.15) is 11.8 Å². The van der Waals surface area contributed by atoms with Crippen LogP contribution in [0.5, 0.6) is 5.75 Å². The number of hydrogen-bond acceptors (Lipinski definition) is 4. The van der Waals surface area contributed by atoms with E-state index in [4.69, 9.17) is 9.47 Å². The number of rotatable bonds is 7. The Labute approximate surface area is 125 Å². The van der Waals surface area contributed by atoms with Gasteiger partial charge >= 0.3 is 5.97 Å². The van der Waals surface area contributed by atoms with Gasteiger partial charge in [-0.1, -0.05) is 26.0 Å². The third kappa shape index (κ3) is 4.77. The molecule has 0 aliphatic carbocycles. The second kappa shape index (κ2) is 8.29. The van der Waals surface area contributed by atoms with Gasteiger partial charge in [0, 0.05) is 0 Å². The Balaban J connectivity index is 2.89. The van der Waals surface area contributed by atoms with Crippen molar-refractivity contribution in [2.75, 3.05) is 13.2 Å². The summed E-state index contributed by atoms with van der Waals surface area (Å²) in [4.78, 5) is 24.3. The van der Waals surface area contributed by atoms with Crippen molar-refractivity contribution in [1.82, 2.24) is 5.32 Å². The third-order valence-corrected chi connectivity index (χ3v) is 2.93. The maximum atomic E-state index is 12.4. The van der Waals surface area contributed by atoms with E-state index in [1.54, 1.807) is 31.2 Å². The van der Waals surface area contributed by atoms with Crippen molar-refractivity contribution < 1.29 is 19.1 Å². The Morgan fingerprint density at radius 1 is 1.14 bits per heavy atom. The van der Waals surface area contributed by atoms with Crippen molar-refractivity contribution in [3.63, 3.8) is 0 Å². The SMILES string of the molecule is CCOC(=O)[C@@H](NC(=O)c1ccccc1OCC)C(C)C. The summed E-state index contributed by atoms with van der Waals surface area (Å²) in [5.41, 5.74) is 0.411. The molecule has 0 saturated carbocycles. The molecule has 0 bridgehead atoms. The first kappa shape index (κ1) is 17.0. The number of amides is 1. The van der Waals surface area contributed by atoms with Gasteiger partial charge in [0.15, 0.2) is 0 Å². The third-order valence-electron chi connectivity index (χ3n) is 2.93. The first-order valence-electron chi connectivity index (χ1n) is 7.20. The Morgan fingerprint density at radius 3 is 2.38 bits per heavy atom. The van der Waals surface area contributed by atoms with Crippen LogP contribution in [0, 0.1) is 5.92 Å². The summed E-state index contributed by atoms with van der Waals surface area (Å²) in [6.07, 6.45) is 0. The van der Waals surface area contributed by atoms with Gasteiger partial charge in [0.05, 0.1) is 18.8 Å². The van der Waals surface area contributed by atoms with Crippen LogP contribution in [0.2, 0.25) is 0 Å². The molecular formula is C16H23NO4. The van der Waals surface area contributed by atoms with Crippen LogP contribution >= 0.6 is 0 Å². The molecule has 0 radical (unpaired) electrons. The standard InChI is InChI=1S/C16H23NO4/c1-5-20-13-10-8-7-9-12(13)15(18)17-14(11(3)4)16(19)21-6-2/h7-11,14H,5-6H2,1-4H3,(H,17,18)/t14-/m0/s1. The van der Waals surface area contributed by atoms with Gasteiger partial charge in [-0.25, -0.2) is 4.79 Å². The normalized spacial score (nSPS) is 11.9. The molecule has 0 unspecified atom stereocenters. The lowest BCUT2D eigenvalue weighted by molar-refractivity contribution is -0.146. The molecule has 1 amide bonds. The molecule has 1 aromatic rings. The van der Waals surface area contributed by atoms with Gasteiger partial charge in [0.2, 0.25) is 0 Å². The molecule has 0 aliphatic rings. The predicted molar refractivity (Wildman–Crippen MR) is 80.3 cm³/mol. The topological polar surface area (TPSA) is 64.6 Å². The van der Waals surface area contributed by atoms with Gasteiger partial charge < -0.3 is 14.8 Å². The van der Waals surface area contributed by atoms with Crippen molar-refractivity contribution in [3.05, 3.63) is 29.8 Å². The van der Waals surface area contributed by atoms with Gasteiger partial charge in [0.25, 0.3) is 5.91 Å². The largest absolute Gasteiger partial charge is 0.493 e. The fraction of sp³-hybridized carbons (Fsp3) is 0.500. The molecule has 1 aromatic carbocycles. The van der Waals surface area contributed by atoms with Crippen molar-refractivity contribution >= 4 is 11.9 Å². The highest BCUT2D eigenvalue weighted by Crippen LogP contribution is 2.18. The lowest BCUT2D eigenvalue weighted by Gasteiger charge is -2.21. The number of para-hydroxylation sites is 1. The first-order chi connectivity index (χ1) is 10.0. The van der Waals surface area contributed by atoms with Gasteiger partial charge in [-0.15, -0.1) is 0 Å². The van der Waals surface area contributed by atoms with E-state index in [-0.39, 0.29) is 18.4 Å². The summed E-state index contributed by atoms with van der Waals surface area (Å²) in [6, 6.07) is 6.28. The summed E-state index contributed by atoms with van der Waals surface area (Å²) >= 11 is 0. The van der Waals surface area contributed by atoms with Crippen LogP contribution in [0.25, 0.3) is 0 Å². The number of benzene rings is 1. The Bertz CT molecular complexity index is 485. The van der Waals surface area contributed by atoms with Crippen LogP contribution in [0.15, 0.2) is 24.3 Å². The molecule has 5 heteroatoms. The molecule has 0 spiro atoms. The van der Waals surface area contributed by atoms with Gasteiger partial charge in [-0.2, -0.15) is 0 Å². The summed E-state index contributed by atoms with van der Waals surface area (Å²) < 4.78 is 10.4. The van der Waals surface area contributed by atoms with Crippen LogP contribution in [0.1, 0.15) is 38.1 Å². The number of esters is 1. The van der Waals surface area contributed by atoms with Crippen molar-refractivity contribution in [3.8, 4) is 5.75 Å². The summed E-state index contributed by atoms with van der Waals surface area (Å²) in [5.74, 6) is -0.323. The zero-order chi connectivity index (χ0) is 15.8. The van der Waals surface area contributed by atoms with Crippen molar-refractivity contribution in [2.24, 2.45) is 5.92 Å². The summed E-state index contributed by atoms with van der Waals surface area (Å²) in [5, 5.41) is 2.72. The van der Waals surface area contributed by atoms with Crippen LogP contribution in [-0.2, 0) is 9.53 Å². The molecule has 1 atom stereocenters. The van der Waals surface area contributed by atoms with Crippen LogP contribution < -0.4 is 10.1 Å². The van der Waals surface area contributed by atoms with Gasteiger partial charge in [-0.05, 0) is 31.9 Å². The van der Waals surface area contributed by atoms with E-state index in [0.29, 0.717) is 17.9 Å². The van der Waals surface area contributed by atoms with Crippen LogP contribution in [0.4, 0.5) is 0 Å². The minimum atomic E-state index is -0.674. The maximum Gasteiger partial charge on any atom is 0.328 e. The molecule has 1 N–H and O–H groups in total. The zero-order valence-electron chi connectivity index (χ0n) is 13.0. The highest BCUT2D eigenvalue weighted by molar-refractivity contribution is 5.99. The van der Waals surface area contributed by atoms with Crippen LogP contribution in [-0.4, -0.2) is 31.1 Å². The number of nitrogens with one attached hydrogen (secondary N) is 1. The summed E-state index contributed by atoms with van der Waals surface area (Å²) in [7, 11) is 0. The summed E-state index contributed by atoms with van der Waals surface area (Å²) in [6.45, 7) is 8.06. The molecule has 0 saturated heterocycles. The van der Waals surface area contributed by atoms with Crippen molar-refractivity contribution in [2.45, 2.75) is 33.7 Å². The molecule has 116 valence electrons. The first-order valence-corrected chi connectivity index (χ1v) is 7.20. The fourth-order valence-corrected chi connectivity index (χ4v) is 1.88. The average molecular weight is 293 g/mol. The quantitative estimate of drug-likeness (QED) is 0.784. The second-order valence-corrected chi connectivity index (χ2v) is 4.88. The molecule has 0 aromatic heterocycles. The lowest BCUT2D eigenvalue weighted by atomic mass is 10.0.